The van der Waals surface area contributed by atoms with E-state index in [0.717, 1.165) is 35.5 Å². The Hall–Kier alpha value is -3.99. The molecule has 2 aromatic heterocycles. The summed E-state index contributed by atoms with van der Waals surface area (Å²) in [6.45, 7) is 2.65. The molecule has 5 rings (SSSR count). The Balaban J connectivity index is 1.40. The molecule has 4 aromatic rings. The zero-order valence-electron chi connectivity index (χ0n) is 19.2. The van der Waals surface area contributed by atoms with Crippen LogP contribution in [0.5, 0.6) is 5.75 Å². The molecule has 34 heavy (non-hydrogen) atoms. The summed E-state index contributed by atoms with van der Waals surface area (Å²) in [7, 11) is 1.66. The number of imidazole rings is 1. The molecule has 0 spiro atoms. The maximum atomic E-state index is 14.0. The second kappa shape index (κ2) is 8.75. The molecule has 8 heteroatoms. The highest BCUT2D eigenvalue weighted by Gasteiger charge is 2.42. The van der Waals surface area contributed by atoms with Crippen LogP contribution < -0.4 is 4.74 Å². The average Bonchev–Trinajstić information content (AvgIpc) is 3.48. The fourth-order valence-electron chi connectivity index (χ4n) is 4.67. The van der Waals surface area contributed by atoms with Crippen LogP contribution in [0.15, 0.2) is 55.0 Å². The topological polar surface area (TPSA) is 81.5 Å². The number of fused-ring (bicyclic) bond motifs is 1. The van der Waals surface area contributed by atoms with Gasteiger partial charge in [0.2, 0.25) is 0 Å². The zero-order chi connectivity index (χ0) is 23.7. The van der Waals surface area contributed by atoms with Crippen molar-refractivity contribution in [2.75, 3.05) is 7.11 Å². The highest BCUT2D eigenvalue weighted by atomic mass is 19.1. The van der Waals surface area contributed by atoms with Gasteiger partial charge in [-0.1, -0.05) is 18.2 Å². The van der Waals surface area contributed by atoms with Gasteiger partial charge in [-0.3, -0.25) is 0 Å². The predicted molar refractivity (Wildman–Crippen MR) is 124 cm³/mol. The first-order valence-corrected chi connectivity index (χ1v) is 11.3. The Morgan fingerprint density at radius 2 is 2.09 bits per heavy atom. The second-order valence-corrected chi connectivity index (χ2v) is 8.63. The van der Waals surface area contributed by atoms with Gasteiger partial charge in [0, 0.05) is 19.2 Å². The van der Waals surface area contributed by atoms with Crippen molar-refractivity contribution in [2.45, 2.75) is 44.6 Å². The summed E-state index contributed by atoms with van der Waals surface area (Å²) in [6.07, 6.45) is 6.45. The lowest BCUT2D eigenvalue weighted by Crippen LogP contribution is -2.34. The van der Waals surface area contributed by atoms with Gasteiger partial charge < -0.3 is 9.30 Å². The molecular formula is C26H25FN6O. The molecule has 0 bridgehead atoms. The van der Waals surface area contributed by atoms with E-state index in [9.17, 15) is 9.65 Å². The Morgan fingerprint density at radius 1 is 1.21 bits per heavy atom. The molecule has 0 fully saturated rings. The molecule has 0 saturated carbocycles. The number of aryl methyl sites for hydroxylation is 4. The standard InChI is InChI=1S/C26H25FN6O/c1-18-15-32(17-29-18)22-9-7-19(13-23(22)34-2)8-10-24-30-25-26(16-28,11-4-12-33(25)31-24)20-5-3-6-21(27)14-20/h3,5-7,9,13-15,17H,4,8,10-12H2,1-2H3/t26-/m1/s1. The molecule has 0 N–H and O–H groups in total. The van der Waals surface area contributed by atoms with E-state index in [0.29, 0.717) is 36.6 Å². The van der Waals surface area contributed by atoms with Crippen molar-refractivity contribution in [1.29, 1.82) is 5.26 Å². The first-order valence-electron chi connectivity index (χ1n) is 11.3. The van der Waals surface area contributed by atoms with Gasteiger partial charge in [-0.05, 0) is 61.6 Å². The van der Waals surface area contributed by atoms with Gasteiger partial charge in [0.15, 0.2) is 11.6 Å². The first kappa shape index (κ1) is 21.8. The highest BCUT2D eigenvalue weighted by Crippen LogP contribution is 2.39. The number of benzene rings is 2. The Labute approximate surface area is 197 Å². The Kier molecular flexibility index (Phi) is 5.62. The number of aromatic nitrogens is 5. The minimum atomic E-state index is -0.987. The van der Waals surface area contributed by atoms with Crippen LogP contribution in [-0.2, 0) is 24.8 Å². The van der Waals surface area contributed by atoms with Crippen molar-refractivity contribution in [3.8, 4) is 17.5 Å². The van der Waals surface area contributed by atoms with Crippen molar-refractivity contribution in [2.24, 2.45) is 0 Å². The number of hydrogen-bond donors (Lipinski definition) is 0. The molecule has 7 nitrogen and oxygen atoms in total. The summed E-state index contributed by atoms with van der Waals surface area (Å²) in [5, 5.41) is 14.8. The number of nitrogens with zero attached hydrogens (tertiary/aromatic N) is 6. The van der Waals surface area contributed by atoms with E-state index in [1.807, 2.05) is 34.5 Å². The lowest BCUT2D eigenvalue weighted by Gasteiger charge is -2.30. The van der Waals surface area contributed by atoms with E-state index < -0.39 is 5.41 Å². The minimum absolute atomic E-state index is 0.354. The quantitative estimate of drug-likeness (QED) is 0.432. The van der Waals surface area contributed by atoms with Gasteiger partial charge in [-0.15, -0.1) is 0 Å². The van der Waals surface area contributed by atoms with E-state index in [4.69, 9.17) is 9.72 Å². The van der Waals surface area contributed by atoms with E-state index in [1.54, 1.807) is 25.6 Å². The fraction of sp³-hybridized carbons (Fsp3) is 0.308. The molecular weight excluding hydrogens is 431 g/mol. The summed E-state index contributed by atoms with van der Waals surface area (Å²) < 4.78 is 23.3. The number of methoxy groups -OCH3 is 1. The third-order valence-electron chi connectivity index (χ3n) is 6.40. The van der Waals surface area contributed by atoms with Crippen LogP contribution in [-0.4, -0.2) is 31.4 Å². The average molecular weight is 457 g/mol. The van der Waals surface area contributed by atoms with Crippen molar-refractivity contribution >= 4 is 0 Å². The molecule has 2 aromatic carbocycles. The Bertz CT molecular complexity index is 1380. The Morgan fingerprint density at radius 3 is 2.82 bits per heavy atom. The summed E-state index contributed by atoms with van der Waals surface area (Å²) in [4.78, 5) is 9.06. The SMILES string of the molecule is COc1cc(CCc2nc3n(n2)CCC[C@@]3(C#N)c2cccc(F)c2)ccc1-n1cnc(C)c1. The van der Waals surface area contributed by atoms with E-state index in [1.165, 1.54) is 12.1 Å². The molecule has 0 radical (unpaired) electrons. The molecule has 0 aliphatic carbocycles. The van der Waals surface area contributed by atoms with Crippen molar-refractivity contribution in [3.05, 3.63) is 89.3 Å². The summed E-state index contributed by atoms with van der Waals surface area (Å²) in [6, 6.07) is 14.8. The van der Waals surface area contributed by atoms with Crippen LogP contribution in [0.3, 0.4) is 0 Å². The normalized spacial score (nSPS) is 17.2. The van der Waals surface area contributed by atoms with Crippen molar-refractivity contribution in [1.82, 2.24) is 24.3 Å². The molecule has 172 valence electrons. The lowest BCUT2D eigenvalue weighted by molar-refractivity contribution is 0.391. The number of halogens is 1. The third kappa shape index (κ3) is 3.83. The molecule has 1 atom stereocenters. The summed E-state index contributed by atoms with van der Waals surface area (Å²) in [5.74, 6) is 1.69. The number of hydrogen-bond acceptors (Lipinski definition) is 5. The lowest BCUT2D eigenvalue weighted by atomic mass is 9.75. The van der Waals surface area contributed by atoms with E-state index >= 15 is 0 Å². The molecule has 0 saturated heterocycles. The maximum Gasteiger partial charge on any atom is 0.152 e. The van der Waals surface area contributed by atoms with Crippen LogP contribution in [0.1, 0.15) is 41.3 Å². The zero-order valence-corrected chi connectivity index (χ0v) is 19.2. The largest absolute Gasteiger partial charge is 0.495 e. The molecule has 1 aliphatic rings. The summed E-state index contributed by atoms with van der Waals surface area (Å²) in [5.41, 5.74) is 2.61. The molecule has 3 heterocycles. The predicted octanol–water partition coefficient (Wildman–Crippen LogP) is 4.31. The smallest absolute Gasteiger partial charge is 0.152 e. The minimum Gasteiger partial charge on any atom is -0.495 e. The first-order chi connectivity index (χ1) is 16.5. The van der Waals surface area contributed by atoms with Crippen LogP contribution in [0.4, 0.5) is 4.39 Å². The van der Waals surface area contributed by atoms with Crippen molar-refractivity contribution in [3.63, 3.8) is 0 Å². The van der Waals surface area contributed by atoms with Gasteiger partial charge in [0.05, 0.1) is 30.9 Å². The number of rotatable bonds is 6. The molecule has 0 amide bonds. The van der Waals surface area contributed by atoms with Gasteiger partial charge >= 0.3 is 0 Å². The second-order valence-electron chi connectivity index (χ2n) is 8.63. The van der Waals surface area contributed by atoms with Crippen LogP contribution in [0.2, 0.25) is 0 Å². The number of nitriles is 1. The van der Waals surface area contributed by atoms with Crippen LogP contribution >= 0.6 is 0 Å². The number of ether oxygens (including phenoxy) is 1. The van der Waals surface area contributed by atoms with Gasteiger partial charge in [-0.2, -0.15) is 10.4 Å². The summed E-state index contributed by atoms with van der Waals surface area (Å²) >= 11 is 0. The highest BCUT2D eigenvalue weighted by molar-refractivity contribution is 5.49. The van der Waals surface area contributed by atoms with E-state index in [-0.39, 0.29) is 5.82 Å². The maximum absolute atomic E-state index is 14.0. The van der Waals surface area contributed by atoms with Gasteiger partial charge in [0.1, 0.15) is 17.0 Å². The van der Waals surface area contributed by atoms with Crippen molar-refractivity contribution < 1.29 is 9.13 Å². The van der Waals surface area contributed by atoms with Crippen LogP contribution in [0, 0.1) is 24.1 Å². The molecule has 0 unspecified atom stereocenters. The van der Waals surface area contributed by atoms with E-state index in [2.05, 4.69) is 22.2 Å². The molecule has 1 aliphatic heterocycles. The van der Waals surface area contributed by atoms with Gasteiger partial charge in [0.25, 0.3) is 0 Å². The third-order valence-corrected chi connectivity index (χ3v) is 6.40. The fourth-order valence-corrected chi connectivity index (χ4v) is 4.67. The monoisotopic (exact) mass is 456 g/mol. The van der Waals surface area contributed by atoms with Crippen LogP contribution in [0.25, 0.3) is 5.69 Å². The van der Waals surface area contributed by atoms with Gasteiger partial charge in [-0.25, -0.2) is 19.0 Å².